The SMILES string of the molecule is CC1CCN(S(=O)(=O)c2ccc(Cl)cc2)C1c1ccc(F)cc1. The topological polar surface area (TPSA) is 37.4 Å². The third kappa shape index (κ3) is 3.13. The zero-order chi connectivity index (χ0) is 16.6. The Morgan fingerprint density at radius 3 is 2.30 bits per heavy atom. The summed E-state index contributed by atoms with van der Waals surface area (Å²) in [5, 5.41) is 0.494. The highest BCUT2D eigenvalue weighted by atomic mass is 35.5. The van der Waals surface area contributed by atoms with Gasteiger partial charge in [-0.25, -0.2) is 12.8 Å². The minimum absolute atomic E-state index is 0.169. The molecule has 1 heterocycles. The molecule has 2 aromatic carbocycles. The summed E-state index contributed by atoms with van der Waals surface area (Å²) in [5.41, 5.74) is 0.814. The molecule has 0 aliphatic carbocycles. The van der Waals surface area contributed by atoms with Crippen LogP contribution in [0.5, 0.6) is 0 Å². The van der Waals surface area contributed by atoms with E-state index in [1.165, 1.54) is 28.6 Å². The van der Waals surface area contributed by atoms with Gasteiger partial charge in [0.2, 0.25) is 10.0 Å². The predicted molar refractivity (Wildman–Crippen MR) is 88.3 cm³/mol. The zero-order valence-corrected chi connectivity index (χ0v) is 14.2. The van der Waals surface area contributed by atoms with Crippen molar-refractivity contribution in [1.29, 1.82) is 0 Å². The fourth-order valence-electron chi connectivity index (χ4n) is 3.08. The smallest absolute Gasteiger partial charge is 0.207 e. The molecule has 0 amide bonds. The minimum atomic E-state index is -3.61. The van der Waals surface area contributed by atoms with Crippen LogP contribution in [0.3, 0.4) is 0 Å². The van der Waals surface area contributed by atoms with Gasteiger partial charge in [-0.3, -0.25) is 0 Å². The second kappa shape index (κ2) is 6.23. The van der Waals surface area contributed by atoms with Crippen LogP contribution in [0.15, 0.2) is 53.4 Å². The van der Waals surface area contributed by atoms with Crippen LogP contribution in [-0.2, 0) is 10.0 Å². The molecular formula is C17H17ClFNO2S. The van der Waals surface area contributed by atoms with Crippen molar-refractivity contribution in [3.63, 3.8) is 0 Å². The van der Waals surface area contributed by atoms with Gasteiger partial charge >= 0.3 is 0 Å². The normalized spacial score (nSPS) is 22.4. The van der Waals surface area contributed by atoms with Gasteiger partial charge in [-0.2, -0.15) is 4.31 Å². The predicted octanol–water partition coefficient (Wildman–Crippen LogP) is 4.25. The molecule has 2 aromatic rings. The van der Waals surface area contributed by atoms with Gasteiger partial charge in [0.15, 0.2) is 0 Å². The molecule has 0 spiro atoms. The molecule has 1 aliphatic heterocycles. The van der Waals surface area contributed by atoms with Crippen LogP contribution in [-0.4, -0.2) is 19.3 Å². The molecule has 1 fully saturated rings. The first-order chi connectivity index (χ1) is 10.9. The monoisotopic (exact) mass is 353 g/mol. The highest BCUT2D eigenvalue weighted by Crippen LogP contribution is 2.40. The van der Waals surface area contributed by atoms with Crippen molar-refractivity contribution in [1.82, 2.24) is 4.31 Å². The van der Waals surface area contributed by atoms with E-state index in [1.807, 2.05) is 6.92 Å². The van der Waals surface area contributed by atoms with Gasteiger partial charge in [0, 0.05) is 11.6 Å². The Balaban J connectivity index is 2.00. The zero-order valence-electron chi connectivity index (χ0n) is 12.6. The molecule has 0 radical (unpaired) electrons. The lowest BCUT2D eigenvalue weighted by Gasteiger charge is -2.27. The summed E-state index contributed by atoms with van der Waals surface area (Å²) in [7, 11) is -3.61. The average molecular weight is 354 g/mol. The van der Waals surface area contributed by atoms with Crippen molar-refractivity contribution in [2.75, 3.05) is 6.54 Å². The third-order valence-electron chi connectivity index (χ3n) is 4.29. The number of benzene rings is 2. The van der Waals surface area contributed by atoms with Crippen LogP contribution >= 0.6 is 11.6 Å². The average Bonchev–Trinajstić information content (AvgIpc) is 2.91. The van der Waals surface area contributed by atoms with Crippen molar-refractivity contribution in [3.8, 4) is 0 Å². The number of hydrogen-bond donors (Lipinski definition) is 0. The molecule has 0 aromatic heterocycles. The van der Waals surface area contributed by atoms with Gasteiger partial charge in [-0.05, 0) is 54.3 Å². The van der Waals surface area contributed by atoms with E-state index >= 15 is 0 Å². The van der Waals surface area contributed by atoms with Gasteiger partial charge in [-0.15, -0.1) is 0 Å². The van der Waals surface area contributed by atoms with E-state index in [1.54, 1.807) is 24.3 Å². The summed E-state index contributed by atoms with van der Waals surface area (Å²) in [6, 6.07) is 11.9. The van der Waals surface area contributed by atoms with Crippen LogP contribution in [0.2, 0.25) is 5.02 Å². The van der Waals surface area contributed by atoms with E-state index in [4.69, 9.17) is 11.6 Å². The number of halogens is 2. The van der Waals surface area contributed by atoms with Crippen molar-refractivity contribution in [3.05, 3.63) is 64.9 Å². The van der Waals surface area contributed by atoms with Crippen molar-refractivity contribution >= 4 is 21.6 Å². The quantitative estimate of drug-likeness (QED) is 0.827. The molecular weight excluding hydrogens is 337 g/mol. The van der Waals surface area contributed by atoms with E-state index in [0.29, 0.717) is 11.6 Å². The Kier molecular flexibility index (Phi) is 4.45. The summed E-state index contributed by atoms with van der Waals surface area (Å²) in [5.74, 6) is -0.158. The lowest BCUT2D eigenvalue weighted by atomic mass is 9.96. The van der Waals surface area contributed by atoms with Crippen LogP contribution < -0.4 is 0 Å². The Bertz CT molecular complexity index is 790. The second-order valence-electron chi connectivity index (χ2n) is 5.83. The van der Waals surface area contributed by atoms with Gasteiger partial charge in [0.1, 0.15) is 5.82 Å². The molecule has 1 saturated heterocycles. The van der Waals surface area contributed by atoms with E-state index in [9.17, 15) is 12.8 Å². The van der Waals surface area contributed by atoms with Gasteiger partial charge in [0.25, 0.3) is 0 Å². The molecule has 2 atom stereocenters. The second-order valence-corrected chi connectivity index (χ2v) is 8.16. The summed E-state index contributed by atoms with van der Waals surface area (Å²) >= 11 is 5.84. The van der Waals surface area contributed by atoms with E-state index < -0.39 is 10.0 Å². The first kappa shape index (κ1) is 16.4. The molecule has 122 valence electrons. The van der Waals surface area contributed by atoms with Crippen LogP contribution in [0.25, 0.3) is 0 Å². The van der Waals surface area contributed by atoms with Crippen molar-refractivity contribution in [2.24, 2.45) is 5.92 Å². The minimum Gasteiger partial charge on any atom is -0.207 e. The largest absolute Gasteiger partial charge is 0.243 e. The number of nitrogens with zero attached hydrogens (tertiary/aromatic N) is 1. The van der Waals surface area contributed by atoms with Gasteiger partial charge in [0.05, 0.1) is 10.9 Å². The third-order valence-corrected chi connectivity index (χ3v) is 6.43. The first-order valence-electron chi connectivity index (χ1n) is 7.42. The molecule has 0 bridgehead atoms. The van der Waals surface area contributed by atoms with Crippen LogP contribution in [0.4, 0.5) is 4.39 Å². The highest BCUT2D eigenvalue weighted by molar-refractivity contribution is 7.89. The molecule has 3 nitrogen and oxygen atoms in total. The Morgan fingerprint density at radius 1 is 1.09 bits per heavy atom. The Labute approximate surface area is 140 Å². The summed E-state index contributed by atoms with van der Waals surface area (Å²) < 4.78 is 40.6. The fourth-order valence-corrected chi connectivity index (χ4v) is 4.93. The maximum atomic E-state index is 13.2. The standard InChI is InChI=1S/C17H17ClFNO2S/c1-12-10-11-20(17(12)13-2-6-15(19)7-3-13)23(21,22)16-8-4-14(18)5-9-16/h2-9,12,17H,10-11H2,1H3. The fraction of sp³-hybridized carbons (Fsp3) is 0.294. The van der Waals surface area contributed by atoms with Gasteiger partial charge in [-0.1, -0.05) is 30.7 Å². The Hall–Kier alpha value is -1.43. The Morgan fingerprint density at radius 2 is 1.70 bits per heavy atom. The molecule has 2 unspecified atom stereocenters. The molecule has 3 rings (SSSR count). The molecule has 1 aliphatic rings. The summed E-state index contributed by atoms with van der Waals surface area (Å²) in [4.78, 5) is 0.225. The van der Waals surface area contributed by atoms with E-state index in [0.717, 1.165) is 12.0 Å². The maximum Gasteiger partial charge on any atom is 0.243 e. The van der Waals surface area contributed by atoms with Crippen LogP contribution in [0, 0.1) is 11.7 Å². The molecule has 0 saturated carbocycles. The van der Waals surface area contributed by atoms with E-state index in [2.05, 4.69) is 0 Å². The maximum absolute atomic E-state index is 13.2. The van der Waals surface area contributed by atoms with Crippen LogP contribution in [0.1, 0.15) is 24.9 Å². The lowest BCUT2D eigenvalue weighted by molar-refractivity contribution is 0.356. The van der Waals surface area contributed by atoms with E-state index in [-0.39, 0.29) is 22.7 Å². The lowest BCUT2D eigenvalue weighted by Crippen LogP contribution is -2.31. The summed E-state index contributed by atoms with van der Waals surface area (Å²) in [6.07, 6.45) is 0.773. The summed E-state index contributed by atoms with van der Waals surface area (Å²) in [6.45, 7) is 2.47. The molecule has 6 heteroatoms. The number of rotatable bonds is 3. The van der Waals surface area contributed by atoms with Gasteiger partial charge < -0.3 is 0 Å². The number of sulfonamides is 1. The highest BCUT2D eigenvalue weighted by Gasteiger charge is 2.40. The molecule has 0 N–H and O–H groups in total. The van der Waals surface area contributed by atoms with Crippen molar-refractivity contribution in [2.45, 2.75) is 24.3 Å². The van der Waals surface area contributed by atoms with Crippen molar-refractivity contribution < 1.29 is 12.8 Å². The first-order valence-corrected chi connectivity index (χ1v) is 9.24. The number of hydrogen-bond acceptors (Lipinski definition) is 2. The molecule has 23 heavy (non-hydrogen) atoms.